The van der Waals surface area contributed by atoms with E-state index in [2.05, 4.69) is 20.3 Å². The molecule has 4 rings (SSSR count). The zero-order chi connectivity index (χ0) is 14.9. The molecule has 0 aliphatic carbocycles. The lowest BCUT2D eigenvalue weighted by molar-refractivity contribution is -0.670. The molecule has 0 radical (unpaired) electrons. The molecule has 1 atom stereocenters. The fourth-order valence-electron chi connectivity index (χ4n) is 2.47. The molecule has 0 spiro atoms. The van der Waals surface area contributed by atoms with Gasteiger partial charge in [0.1, 0.15) is 11.8 Å². The van der Waals surface area contributed by atoms with Crippen molar-refractivity contribution in [3.05, 3.63) is 70.6 Å². The lowest BCUT2D eigenvalue weighted by atomic mass is 10.0. The van der Waals surface area contributed by atoms with E-state index < -0.39 is 5.63 Å². The average Bonchev–Trinajstić information content (AvgIpc) is 3.28. The van der Waals surface area contributed by atoms with Gasteiger partial charge in [0.05, 0.1) is 12.0 Å². The number of nitrogens with zero attached hydrogens (tertiary/aromatic N) is 2. The Bertz CT molecular complexity index is 859. The van der Waals surface area contributed by atoms with Crippen molar-refractivity contribution in [3.8, 4) is 5.69 Å². The van der Waals surface area contributed by atoms with Gasteiger partial charge in [0.15, 0.2) is 0 Å². The van der Waals surface area contributed by atoms with Crippen LogP contribution in [0.4, 0.5) is 0 Å². The number of rotatable bonds is 3. The predicted molar refractivity (Wildman–Crippen MR) is 76.6 cm³/mol. The molecule has 3 aromatic rings. The number of nitrogens with one attached hydrogen (secondary N) is 2. The Morgan fingerprint density at radius 3 is 2.77 bits per heavy atom. The SMILES string of the molecule is O=c1c[n+](-c2ccc(C3=NNC(c4ccco4)C3)cc2)[nH]o1. The molecule has 0 bridgehead atoms. The first-order valence-corrected chi connectivity index (χ1v) is 6.86. The molecule has 2 N–H and O–H groups in total. The van der Waals surface area contributed by atoms with Crippen LogP contribution in [0, 0.1) is 0 Å². The van der Waals surface area contributed by atoms with Crippen molar-refractivity contribution >= 4 is 5.71 Å². The Morgan fingerprint density at radius 1 is 1.23 bits per heavy atom. The number of benzene rings is 1. The Labute approximate surface area is 124 Å². The van der Waals surface area contributed by atoms with Crippen LogP contribution in [0.1, 0.15) is 23.8 Å². The summed E-state index contributed by atoms with van der Waals surface area (Å²) in [6.07, 6.45) is 3.77. The van der Waals surface area contributed by atoms with Crippen LogP contribution in [-0.4, -0.2) is 11.0 Å². The molecular formula is C15H13N4O3+. The number of hydrazone groups is 1. The smallest absolute Gasteiger partial charge is 0.427 e. The second-order valence-corrected chi connectivity index (χ2v) is 5.02. The monoisotopic (exact) mass is 297 g/mol. The van der Waals surface area contributed by atoms with Crippen LogP contribution >= 0.6 is 0 Å². The van der Waals surface area contributed by atoms with E-state index in [1.54, 1.807) is 6.26 Å². The van der Waals surface area contributed by atoms with Crippen molar-refractivity contribution < 1.29 is 13.6 Å². The van der Waals surface area contributed by atoms with Crippen LogP contribution < -0.4 is 15.7 Å². The van der Waals surface area contributed by atoms with E-state index in [9.17, 15) is 4.79 Å². The van der Waals surface area contributed by atoms with E-state index in [0.29, 0.717) is 0 Å². The minimum absolute atomic E-state index is 0.0734. The van der Waals surface area contributed by atoms with Crippen LogP contribution in [0.5, 0.6) is 0 Å². The highest BCUT2D eigenvalue weighted by Gasteiger charge is 2.23. The van der Waals surface area contributed by atoms with Gasteiger partial charge in [0, 0.05) is 18.6 Å². The van der Waals surface area contributed by atoms with Gasteiger partial charge in [-0.2, -0.15) is 5.10 Å². The van der Waals surface area contributed by atoms with Crippen molar-refractivity contribution in [2.45, 2.75) is 12.5 Å². The number of furan rings is 1. The second-order valence-electron chi connectivity index (χ2n) is 5.02. The molecule has 1 aromatic carbocycles. The van der Waals surface area contributed by atoms with Crippen molar-refractivity contribution in [2.75, 3.05) is 0 Å². The number of aromatic amines is 1. The van der Waals surface area contributed by atoms with Gasteiger partial charge in [0.2, 0.25) is 5.69 Å². The summed E-state index contributed by atoms with van der Waals surface area (Å²) in [5.74, 6) is 0.877. The van der Waals surface area contributed by atoms with Crippen LogP contribution in [0.2, 0.25) is 0 Å². The first kappa shape index (κ1) is 12.6. The maximum Gasteiger partial charge on any atom is 0.427 e. The summed E-state index contributed by atoms with van der Waals surface area (Å²) in [5.41, 5.74) is 5.47. The van der Waals surface area contributed by atoms with Crippen LogP contribution in [0.3, 0.4) is 0 Å². The van der Waals surface area contributed by atoms with E-state index in [0.717, 1.165) is 29.1 Å². The fourth-order valence-corrected chi connectivity index (χ4v) is 2.47. The normalized spacial score (nSPS) is 17.3. The fraction of sp³-hybridized carbons (Fsp3) is 0.133. The summed E-state index contributed by atoms with van der Waals surface area (Å²) in [4.78, 5) is 11.0. The summed E-state index contributed by atoms with van der Waals surface area (Å²) >= 11 is 0. The molecule has 3 heterocycles. The average molecular weight is 297 g/mol. The summed E-state index contributed by atoms with van der Waals surface area (Å²) in [7, 11) is 0. The summed E-state index contributed by atoms with van der Waals surface area (Å²) < 4.78 is 11.6. The van der Waals surface area contributed by atoms with Gasteiger partial charge in [0.25, 0.3) is 6.20 Å². The van der Waals surface area contributed by atoms with Gasteiger partial charge in [-0.15, -0.1) is 0 Å². The highest BCUT2D eigenvalue weighted by Crippen LogP contribution is 2.24. The molecule has 0 saturated heterocycles. The lowest BCUT2D eigenvalue weighted by Gasteiger charge is -2.05. The molecule has 2 aromatic heterocycles. The van der Waals surface area contributed by atoms with Gasteiger partial charge < -0.3 is 4.42 Å². The number of hydrogen-bond acceptors (Lipinski definition) is 5. The van der Waals surface area contributed by atoms with E-state index in [-0.39, 0.29) is 6.04 Å². The first-order chi connectivity index (χ1) is 10.8. The van der Waals surface area contributed by atoms with Crippen LogP contribution in [0.15, 0.2) is 67.7 Å². The maximum absolute atomic E-state index is 11.0. The second kappa shape index (κ2) is 5.03. The predicted octanol–water partition coefficient (Wildman–Crippen LogP) is 1.28. The third kappa shape index (κ3) is 2.22. The van der Waals surface area contributed by atoms with Gasteiger partial charge in [-0.1, -0.05) is 0 Å². The molecule has 7 nitrogen and oxygen atoms in total. The minimum Gasteiger partial charge on any atom is -0.467 e. The molecule has 1 aliphatic heterocycles. The maximum atomic E-state index is 11.0. The highest BCUT2D eigenvalue weighted by molar-refractivity contribution is 6.01. The van der Waals surface area contributed by atoms with Crippen molar-refractivity contribution in [3.63, 3.8) is 0 Å². The topological polar surface area (TPSA) is 87.4 Å². The largest absolute Gasteiger partial charge is 0.467 e. The number of hydrogen-bond donors (Lipinski definition) is 2. The standard InChI is InChI=1S/C15H12N4O3/c20-15-9-19(18-22-15)11-5-3-10(4-6-11)12-8-13(17-16-12)14-2-1-7-21-14/h1-7,9,13H,8H2,(H-,17,18,20)/p+1. The molecule has 1 aliphatic rings. The zero-order valence-electron chi connectivity index (χ0n) is 11.5. The number of H-pyrrole nitrogens is 1. The van der Waals surface area contributed by atoms with Crippen LogP contribution in [-0.2, 0) is 0 Å². The summed E-state index contributed by atoms with van der Waals surface area (Å²) in [5, 5.41) is 6.88. The molecule has 0 fully saturated rings. The van der Waals surface area contributed by atoms with Crippen molar-refractivity contribution in [1.29, 1.82) is 0 Å². The minimum atomic E-state index is -0.422. The molecule has 110 valence electrons. The Balaban J connectivity index is 1.53. The quantitative estimate of drug-likeness (QED) is 0.713. The number of aromatic nitrogens is 2. The zero-order valence-corrected chi connectivity index (χ0v) is 11.5. The van der Waals surface area contributed by atoms with Crippen molar-refractivity contribution in [2.24, 2.45) is 5.10 Å². The molecule has 7 heteroatoms. The van der Waals surface area contributed by atoms with E-state index in [1.807, 2.05) is 36.4 Å². The highest BCUT2D eigenvalue weighted by atomic mass is 16.5. The van der Waals surface area contributed by atoms with Gasteiger partial charge >= 0.3 is 5.63 Å². The third-order valence-corrected chi connectivity index (χ3v) is 3.60. The molecular weight excluding hydrogens is 284 g/mol. The van der Waals surface area contributed by atoms with E-state index in [4.69, 9.17) is 4.42 Å². The van der Waals surface area contributed by atoms with Gasteiger partial charge in [-0.05, 0) is 39.8 Å². The lowest BCUT2D eigenvalue weighted by Crippen LogP contribution is -2.32. The first-order valence-electron chi connectivity index (χ1n) is 6.86. The Morgan fingerprint density at radius 2 is 2.09 bits per heavy atom. The van der Waals surface area contributed by atoms with Crippen molar-refractivity contribution in [1.82, 2.24) is 10.7 Å². The van der Waals surface area contributed by atoms with E-state index >= 15 is 0 Å². The molecule has 1 unspecified atom stereocenters. The van der Waals surface area contributed by atoms with Crippen LogP contribution in [0.25, 0.3) is 5.69 Å². The molecule has 0 amide bonds. The van der Waals surface area contributed by atoms with Gasteiger partial charge in [-0.3, -0.25) is 9.95 Å². The Hall–Kier alpha value is -3.09. The summed E-state index contributed by atoms with van der Waals surface area (Å²) in [6.45, 7) is 0. The molecule has 22 heavy (non-hydrogen) atoms. The van der Waals surface area contributed by atoms with Gasteiger partial charge in [-0.25, -0.2) is 4.79 Å². The third-order valence-electron chi connectivity index (χ3n) is 3.60. The summed E-state index contributed by atoms with van der Waals surface area (Å²) in [6, 6.07) is 11.6. The molecule has 0 saturated carbocycles. The van der Waals surface area contributed by atoms with E-state index in [1.165, 1.54) is 10.9 Å². The Kier molecular flexibility index (Phi) is 2.89.